The molecule has 4 bridgehead atoms. The van der Waals surface area contributed by atoms with Crippen LogP contribution in [0.1, 0.15) is 181 Å². The lowest BCUT2D eigenvalue weighted by molar-refractivity contribution is -0.597. The first-order chi connectivity index (χ1) is 46.8. The minimum atomic E-state index is -1.28. The molecule has 0 unspecified atom stereocenters. The molecule has 4 aliphatic carbocycles. The van der Waals surface area contributed by atoms with E-state index < -0.39 is 29.1 Å². The van der Waals surface area contributed by atoms with Crippen molar-refractivity contribution in [3.63, 3.8) is 0 Å². The summed E-state index contributed by atoms with van der Waals surface area (Å²) in [7, 11) is 0. The lowest BCUT2D eigenvalue weighted by atomic mass is 9.49. The second-order valence-corrected chi connectivity index (χ2v) is 39.0. The number of ketones is 1. The Labute approximate surface area is 619 Å². The molecule has 4 aliphatic rings. The van der Waals surface area contributed by atoms with Crippen LogP contribution in [0.5, 0.6) is 5.75 Å². The quantitative estimate of drug-likeness (QED) is 0.0999. The van der Waals surface area contributed by atoms with Crippen LogP contribution in [0.3, 0.4) is 0 Å². The van der Waals surface area contributed by atoms with Crippen molar-refractivity contribution < 1.29 is 103 Å². The number of carboxylic acid groups (broad SMARTS) is 3. The molecule has 0 radical (unpaired) electrons. The molecular weight excluding hydrogens is 1570 g/mol. The van der Waals surface area contributed by atoms with Gasteiger partial charge >= 0.3 is 69.6 Å². The smallest absolute Gasteiger partial charge is 0.357 e. The molecule has 4 fully saturated rings. The van der Waals surface area contributed by atoms with Crippen molar-refractivity contribution in [1.82, 2.24) is 0 Å². The van der Waals surface area contributed by atoms with Crippen molar-refractivity contribution in [2.24, 2.45) is 23.2 Å². The second kappa shape index (κ2) is 34.7. The van der Waals surface area contributed by atoms with Crippen LogP contribution in [0.15, 0.2) is 249 Å². The molecule has 1 N–H and O–H groups in total. The molecule has 11 heteroatoms. The number of hydrogen-bond donors (Lipinski definition) is 1. The van der Waals surface area contributed by atoms with Crippen molar-refractivity contribution >= 4 is 34.5 Å². The SMILES string of the molecule is CC(C)(C)c1ccc([I+]c2ccc(C(C)(C)C)cc2)cc1.CC(C)(C)c1ccc([I+]c2ccc(C(C)(C)C)cc2)cc1.O=C(O)c1cc2ccccc2cc1[O-].O=C([O-])C12CC3CC(CC(C3)C1)C2.O=C([O-])c1cccc(C(=O)c2ccccc2)c1.c1ccc([I+]c2ccccc2)cc1. The summed E-state index contributed by atoms with van der Waals surface area (Å²) in [6.07, 6.45) is 6.65. The first kappa shape index (κ1) is 77.3. The lowest BCUT2D eigenvalue weighted by Gasteiger charge is -2.57. The molecule has 0 spiro atoms. The molecule has 514 valence electrons. The predicted octanol–water partition coefficient (Wildman–Crippen LogP) is 8.48. The molecule has 0 aromatic heterocycles. The van der Waals surface area contributed by atoms with E-state index in [1.165, 1.54) is 93.3 Å². The van der Waals surface area contributed by atoms with E-state index in [1.807, 2.05) is 12.1 Å². The molecule has 99 heavy (non-hydrogen) atoms. The minimum absolute atomic E-state index is 0.00628. The summed E-state index contributed by atoms with van der Waals surface area (Å²) in [6, 6.07) is 82.7. The van der Waals surface area contributed by atoms with Gasteiger partial charge in [0, 0.05) is 22.5 Å². The average Bonchev–Trinajstić information content (AvgIpc) is 0.745. The van der Waals surface area contributed by atoms with Crippen LogP contribution >= 0.6 is 0 Å². The van der Waals surface area contributed by atoms with Crippen molar-refractivity contribution in [2.75, 3.05) is 0 Å². The number of fused-ring (bicyclic) bond motifs is 1. The molecule has 0 saturated heterocycles. The largest absolute Gasteiger partial charge is 0.872 e. The Morgan fingerprint density at radius 1 is 0.364 bits per heavy atom. The fourth-order valence-electron chi connectivity index (χ4n) is 12.7. The number of rotatable bonds is 11. The zero-order valence-corrected chi connectivity index (χ0v) is 65.6. The monoisotopic (exact) mass is 1660 g/mol. The van der Waals surface area contributed by atoms with Crippen LogP contribution in [-0.2, 0) is 26.5 Å². The third-order valence-corrected chi connectivity index (χ3v) is 26.0. The number of aliphatic carboxylic acids is 1. The molecule has 4 saturated carbocycles. The fraction of sp³-hybridized carbons (Fsp3) is 0.295. The Balaban J connectivity index is 0.000000153. The lowest BCUT2D eigenvalue weighted by Crippen LogP contribution is -3.61. The Hall–Kier alpha value is -7.47. The minimum Gasteiger partial charge on any atom is -0.872 e. The number of benzene rings is 10. The Morgan fingerprint density at radius 2 is 0.657 bits per heavy atom. The van der Waals surface area contributed by atoms with Crippen molar-refractivity contribution in [3.05, 3.63) is 315 Å². The van der Waals surface area contributed by atoms with Crippen LogP contribution in [0.2, 0.25) is 0 Å². The highest BCUT2D eigenvalue weighted by Crippen LogP contribution is 2.59. The number of aromatic carboxylic acids is 2. The number of hydrogen-bond acceptors (Lipinski definition) is 7. The summed E-state index contributed by atoms with van der Waals surface area (Å²) in [5.74, 6) is -1.73. The van der Waals surface area contributed by atoms with Gasteiger partial charge in [-0.15, -0.1) is 0 Å². The van der Waals surface area contributed by atoms with Gasteiger partial charge < -0.3 is 30.0 Å². The third-order valence-electron chi connectivity index (χ3n) is 17.9. The molecule has 0 amide bonds. The normalized spacial score (nSPS) is 16.6. The van der Waals surface area contributed by atoms with Gasteiger partial charge in [0.05, 0.1) is 11.5 Å². The van der Waals surface area contributed by atoms with E-state index in [1.54, 1.807) is 48.5 Å². The summed E-state index contributed by atoms with van der Waals surface area (Å²) in [6.45, 7) is 27.2. The van der Waals surface area contributed by atoms with Gasteiger partial charge in [0.25, 0.3) is 0 Å². The molecule has 10 aromatic carbocycles. The zero-order valence-electron chi connectivity index (χ0n) is 59.1. The van der Waals surface area contributed by atoms with Gasteiger partial charge in [0.2, 0.25) is 0 Å². The van der Waals surface area contributed by atoms with E-state index in [0.717, 1.165) is 30.0 Å². The van der Waals surface area contributed by atoms with Crippen LogP contribution in [0.25, 0.3) is 10.8 Å². The number of halogens is 3. The number of carboxylic acids is 3. The molecular formula is C88H93I3O8. The van der Waals surface area contributed by atoms with Gasteiger partial charge in [0.15, 0.2) is 27.2 Å². The summed E-state index contributed by atoms with van der Waals surface area (Å²) >= 11 is -0.112. The van der Waals surface area contributed by atoms with E-state index in [4.69, 9.17) is 5.11 Å². The van der Waals surface area contributed by atoms with Crippen molar-refractivity contribution in [3.8, 4) is 5.75 Å². The maximum Gasteiger partial charge on any atom is 0.357 e. The van der Waals surface area contributed by atoms with E-state index in [9.17, 15) is 34.5 Å². The second-order valence-electron chi connectivity index (χ2n) is 30.0. The standard InChI is InChI=1S/2C20H26I.C14H10O3.C12H10I.C11H8O3.C11H16O2/c2*1-19(2,3)15-7-11-17(12-8-15)21-18-13-9-16(10-14-18)20(4,5)6;15-13(10-5-2-1-3-6-10)11-7-4-8-12(9-11)14(16)17;1-3-7-11(8-4-1)13-12-9-5-2-6-10-12;12-10-6-8-4-2-1-3-7(8)5-9(10)11(13)14;12-10(13)11-4-7-1-8(5-11)3-9(2-7)6-11/h2*7-14H,1-6H3;1-9H,(H,16,17);1-10H;1-6,12H,(H,13,14);7-9H,1-6H2,(H,12,13)/q2*+1;;+1;;/p-3. The average molecular weight is 1660 g/mol. The van der Waals surface area contributed by atoms with Gasteiger partial charge in [-0.1, -0.05) is 253 Å². The fourth-order valence-corrected chi connectivity index (χ4v) is 19.3. The van der Waals surface area contributed by atoms with Gasteiger partial charge in [0.1, 0.15) is 0 Å². The van der Waals surface area contributed by atoms with Gasteiger partial charge in [-0.05, 0) is 201 Å². The first-order valence-corrected chi connectivity index (χ1v) is 40.3. The van der Waals surface area contributed by atoms with Crippen molar-refractivity contribution in [1.29, 1.82) is 0 Å². The van der Waals surface area contributed by atoms with Gasteiger partial charge in [-0.3, -0.25) is 4.79 Å². The van der Waals surface area contributed by atoms with Crippen molar-refractivity contribution in [2.45, 2.75) is 143 Å². The van der Waals surface area contributed by atoms with Gasteiger partial charge in [-0.2, -0.15) is 0 Å². The van der Waals surface area contributed by atoms with Crippen LogP contribution in [-0.4, -0.2) is 28.8 Å². The van der Waals surface area contributed by atoms with E-state index in [-0.39, 0.29) is 102 Å². The summed E-state index contributed by atoms with van der Waals surface area (Å²) in [5, 5.41) is 43.4. The Bertz CT molecular complexity index is 3960. The zero-order chi connectivity index (χ0) is 71.7. The molecule has 14 rings (SSSR count). The highest BCUT2D eigenvalue weighted by Gasteiger charge is 2.51. The van der Waals surface area contributed by atoms with Crippen LogP contribution in [0, 0.1) is 44.6 Å². The first-order valence-electron chi connectivity index (χ1n) is 33.8. The molecule has 0 aliphatic heterocycles. The highest BCUT2D eigenvalue weighted by atomic mass is 127. The Morgan fingerprint density at radius 3 is 0.970 bits per heavy atom. The number of carbonyl (C=O) groups is 4. The highest BCUT2D eigenvalue weighted by molar-refractivity contribution is 6.09. The Kier molecular flexibility index (Phi) is 27.1. The topological polar surface area (TPSA) is 158 Å². The third kappa shape index (κ3) is 23.3. The van der Waals surface area contributed by atoms with E-state index >= 15 is 0 Å². The van der Waals surface area contributed by atoms with Crippen LogP contribution in [0.4, 0.5) is 0 Å². The molecule has 10 aromatic rings. The van der Waals surface area contributed by atoms with E-state index in [0.29, 0.717) is 28.9 Å². The maximum atomic E-state index is 12.0. The van der Waals surface area contributed by atoms with Gasteiger partial charge in [-0.25, -0.2) is 4.79 Å². The number of carbonyl (C=O) groups excluding carboxylic acids is 3. The summed E-state index contributed by atoms with van der Waals surface area (Å²) < 4.78 is 8.92. The van der Waals surface area contributed by atoms with E-state index in [2.05, 4.69) is 241 Å². The molecule has 0 heterocycles. The summed E-state index contributed by atoms with van der Waals surface area (Å²) in [4.78, 5) is 44.5. The molecule has 0 atom stereocenters. The predicted molar refractivity (Wildman–Crippen MR) is 382 cm³/mol. The summed E-state index contributed by atoms with van der Waals surface area (Å²) in [5.41, 5.74) is 6.94. The molecule has 8 nitrogen and oxygen atoms in total. The van der Waals surface area contributed by atoms with Crippen LogP contribution < -0.4 is 78.9 Å². The maximum absolute atomic E-state index is 12.0.